The molecule has 1 saturated carbocycles. The molecule has 1 amide bonds. The van der Waals surface area contributed by atoms with E-state index < -0.39 is 11.4 Å². The Morgan fingerprint density at radius 1 is 1.15 bits per heavy atom. The molecule has 5 heterocycles. The molecule has 0 aromatic carbocycles. The highest BCUT2D eigenvalue weighted by Crippen LogP contribution is 2.43. The van der Waals surface area contributed by atoms with E-state index >= 15 is 0 Å². The molecule has 2 N–H and O–H groups in total. The van der Waals surface area contributed by atoms with Gasteiger partial charge in [0, 0.05) is 42.2 Å². The first kappa shape index (κ1) is 26.1. The van der Waals surface area contributed by atoms with E-state index in [0.29, 0.717) is 43.4 Å². The number of hydrogen-bond acceptors (Lipinski definition) is 8. The number of halogens is 1. The number of H-pyrrole nitrogens is 1. The van der Waals surface area contributed by atoms with Gasteiger partial charge in [0.1, 0.15) is 17.2 Å². The standard InChI is InChI=1S/C28H32FN9O2/c1-17-12-23(33-24-13-18(2)35-36-24)34-26(32-17)20-6-8-28(9-7-20)27(39)37(10-11-40-28)19(3)21-4-5-25(30-14-21)38-16-22(29)15-31-38/h4-5,12-16,19-20H,6-11H2,1-3H3,(H2,32,33,34,35,36). The van der Waals surface area contributed by atoms with Gasteiger partial charge in [-0.05, 0) is 58.1 Å². The van der Waals surface area contributed by atoms with Crippen molar-refractivity contribution >= 4 is 17.5 Å². The highest BCUT2D eigenvalue weighted by atomic mass is 19.1. The first-order valence-electron chi connectivity index (χ1n) is 13.6. The second-order valence-electron chi connectivity index (χ2n) is 10.7. The number of morpholine rings is 1. The number of carbonyl (C=O) groups excluding carboxylic acids is 1. The van der Waals surface area contributed by atoms with Gasteiger partial charge in [0.15, 0.2) is 17.5 Å². The molecule has 0 bridgehead atoms. The van der Waals surface area contributed by atoms with Gasteiger partial charge in [0.25, 0.3) is 5.91 Å². The molecule has 12 heteroatoms. The summed E-state index contributed by atoms with van der Waals surface area (Å²) in [6.45, 7) is 6.90. The number of nitrogens with zero attached hydrogens (tertiary/aromatic N) is 7. The van der Waals surface area contributed by atoms with Crippen LogP contribution >= 0.6 is 0 Å². The Kier molecular flexibility index (Phi) is 6.78. The lowest BCUT2D eigenvalue weighted by Gasteiger charge is -2.46. The van der Waals surface area contributed by atoms with E-state index in [-0.39, 0.29) is 17.9 Å². The summed E-state index contributed by atoms with van der Waals surface area (Å²) in [5, 5.41) is 14.4. The van der Waals surface area contributed by atoms with Crippen molar-refractivity contribution in [2.45, 2.75) is 64.0 Å². The van der Waals surface area contributed by atoms with Crippen molar-refractivity contribution in [3.8, 4) is 5.82 Å². The minimum Gasteiger partial charge on any atom is -0.363 e. The fourth-order valence-corrected chi connectivity index (χ4v) is 5.67. The Bertz CT molecular complexity index is 1510. The van der Waals surface area contributed by atoms with Crippen LogP contribution in [-0.2, 0) is 9.53 Å². The Balaban J connectivity index is 1.13. The van der Waals surface area contributed by atoms with Crippen LogP contribution in [0.5, 0.6) is 0 Å². The van der Waals surface area contributed by atoms with Gasteiger partial charge in [-0.25, -0.2) is 24.0 Å². The van der Waals surface area contributed by atoms with Crippen LogP contribution in [0.1, 0.15) is 67.3 Å². The number of rotatable bonds is 6. The molecule has 4 aromatic heterocycles. The molecule has 4 aromatic rings. The number of aromatic nitrogens is 7. The Morgan fingerprint density at radius 2 is 1.98 bits per heavy atom. The van der Waals surface area contributed by atoms with Crippen molar-refractivity contribution in [3.63, 3.8) is 0 Å². The van der Waals surface area contributed by atoms with E-state index in [1.54, 1.807) is 12.3 Å². The van der Waals surface area contributed by atoms with Gasteiger partial charge < -0.3 is 15.0 Å². The largest absolute Gasteiger partial charge is 0.363 e. The smallest absolute Gasteiger partial charge is 0.255 e. The number of pyridine rings is 1. The lowest BCUT2D eigenvalue weighted by molar-refractivity contribution is -0.181. The van der Waals surface area contributed by atoms with Crippen LogP contribution in [0, 0.1) is 19.7 Å². The molecule has 0 radical (unpaired) electrons. The normalized spacial score (nSPS) is 22.1. The maximum Gasteiger partial charge on any atom is 0.255 e. The average molecular weight is 546 g/mol. The highest BCUT2D eigenvalue weighted by Gasteiger charge is 2.49. The molecule has 6 rings (SSSR count). The van der Waals surface area contributed by atoms with Crippen LogP contribution in [0.15, 0.2) is 42.9 Å². The quantitative estimate of drug-likeness (QED) is 0.367. The third kappa shape index (κ3) is 5.06. The van der Waals surface area contributed by atoms with Gasteiger partial charge in [-0.3, -0.25) is 9.89 Å². The molecule has 1 aliphatic heterocycles. The molecule has 40 heavy (non-hydrogen) atoms. The number of ether oxygens (including phenoxy) is 1. The monoisotopic (exact) mass is 545 g/mol. The molecule has 1 saturated heterocycles. The van der Waals surface area contributed by atoms with Gasteiger partial charge in [-0.2, -0.15) is 10.2 Å². The van der Waals surface area contributed by atoms with E-state index in [4.69, 9.17) is 14.7 Å². The van der Waals surface area contributed by atoms with E-state index in [1.165, 1.54) is 10.9 Å². The third-order valence-electron chi connectivity index (χ3n) is 7.86. The van der Waals surface area contributed by atoms with Crippen LogP contribution in [0.2, 0.25) is 0 Å². The predicted molar refractivity (Wildman–Crippen MR) is 145 cm³/mol. The number of nitrogens with one attached hydrogen (secondary N) is 2. The molecule has 1 aliphatic carbocycles. The summed E-state index contributed by atoms with van der Waals surface area (Å²) < 4.78 is 20.9. The van der Waals surface area contributed by atoms with Crippen molar-refractivity contribution in [2.24, 2.45) is 0 Å². The summed E-state index contributed by atoms with van der Waals surface area (Å²) in [6.07, 6.45) is 6.87. The summed E-state index contributed by atoms with van der Waals surface area (Å²) in [6, 6.07) is 7.33. The first-order chi connectivity index (χ1) is 19.3. The van der Waals surface area contributed by atoms with Crippen LogP contribution in [0.25, 0.3) is 5.82 Å². The van der Waals surface area contributed by atoms with E-state index in [9.17, 15) is 9.18 Å². The molecule has 2 fully saturated rings. The van der Waals surface area contributed by atoms with E-state index in [2.05, 4.69) is 25.6 Å². The SMILES string of the molecule is Cc1cc(Nc2cc(C)[nH]n2)nc(C2CCC3(CC2)OCCN(C(C)c2ccc(-n4cc(F)cn4)nc2)C3=O)n1. The number of aromatic amines is 1. The molecule has 2 aliphatic rings. The fraction of sp³-hybridized carbons (Fsp3) is 0.429. The molecule has 1 unspecified atom stereocenters. The second-order valence-corrected chi connectivity index (χ2v) is 10.7. The maximum atomic E-state index is 13.8. The second kappa shape index (κ2) is 10.4. The van der Waals surface area contributed by atoms with Crippen molar-refractivity contribution < 1.29 is 13.9 Å². The topological polar surface area (TPSA) is 127 Å². The number of aryl methyl sites for hydroxylation is 2. The summed E-state index contributed by atoms with van der Waals surface area (Å²) in [4.78, 5) is 29.7. The van der Waals surface area contributed by atoms with Gasteiger partial charge in [-0.1, -0.05) is 6.07 Å². The zero-order chi connectivity index (χ0) is 27.9. The van der Waals surface area contributed by atoms with E-state index in [1.807, 2.05) is 43.9 Å². The molecular weight excluding hydrogens is 513 g/mol. The number of amides is 1. The van der Waals surface area contributed by atoms with Crippen LogP contribution < -0.4 is 5.32 Å². The summed E-state index contributed by atoms with van der Waals surface area (Å²) in [5.74, 6) is 2.44. The fourth-order valence-electron chi connectivity index (χ4n) is 5.67. The first-order valence-corrected chi connectivity index (χ1v) is 13.6. The molecule has 1 atom stereocenters. The molecule has 208 valence electrons. The van der Waals surface area contributed by atoms with Gasteiger partial charge in [0.05, 0.1) is 25.0 Å². The molecular formula is C28H32FN9O2. The number of hydrogen-bond donors (Lipinski definition) is 2. The highest BCUT2D eigenvalue weighted by molar-refractivity contribution is 5.86. The predicted octanol–water partition coefficient (Wildman–Crippen LogP) is 4.30. The average Bonchev–Trinajstić information content (AvgIpc) is 3.57. The van der Waals surface area contributed by atoms with Crippen LogP contribution in [-0.4, -0.2) is 64.5 Å². The number of anilines is 2. The van der Waals surface area contributed by atoms with Crippen molar-refractivity contribution in [1.29, 1.82) is 0 Å². The Hall–Kier alpha value is -4.19. The maximum absolute atomic E-state index is 13.8. The van der Waals surface area contributed by atoms with E-state index in [0.717, 1.165) is 41.8 Å². The minimum atomic E-state index is -0.833. The summed E-state index contributed by atoms with van der Waals surface area (Å²) in [7, 11) is 0. The van der Waals surface area contributed by atoms with Crippen molar-refractivity contribution in [2.75, 3.05) is 18.5 Å². The summed E-state index contributed by atoms with van der Waals surface area (Å²) >= 11 is 0. The molecule has 1 spiro atoms. The van der Waals surface area contributed by atoms with Gasteiger partial charge >= 0.3 is 0 Å². The van der Waals surface area contributed by atoms with Crippen molar-refractivity contribution in [3.05, 3.63) is 71.4 Å². The van der Waals surface area contributed by atoms with Crippen LogP contribution in [0.3, 0.4) is 0 Å². The minimum absolute atomic E-state index is 0.0179. The lowest BCUT2D eigenvalue weighted by atomic mass is 9.76. The zero-order valence-corrected chi connectivity index (χ0v) is 22.8. The lowest BCUT2D eigenvalue weighted by Crippen LogP contribution is -2.58. The van der Waals surface area contributed by atoms with Crippen LogP contribution in [0.4, 0.5) is 16.0 Å². The van der Waals surface area contributed by atoms with Gasteiger partial charge in [0.2, 0.25) is 0 Å². The van der Waals surface area contributed by atoms with Crippen molar-refractivity contribution in [1.82, 2.24) is 39.8 Å². The number of carbonyl (C=O) groups is 1. The van der Waals surface area contributed by atoms with Gasteiger partial charge in [-0.15, -0.1) is 0 Å². The summed E-state index contributed by atoms with van der Waals surface area (Å²) in [5.41, 5.74) is 1.91. The Labute approximate surface area is 231 Å². The zero-order valence-electron chi connectivity index (χ0n) is 22.8. The Morgan fingerprint density at radius 3 is 2.65 bits per heavy atom. The molecule has 11 nitrogen and oxygen atoms in total. The third-order valence-corrected chi connectivity index (χ3v) is 7.86.